The standard InChI is InChI=1S/C16H24N2O4S/c1-5-21-14(19)12-10-7-8-18(9-11(10)23-13(12)17)16(3,4)15(20)22-6-2/h5-9,17H2,1-4H3. The van der Waals surface area contributed by atoms with Gasteiger partial charge in [-0.05, 0) is 39.7 Å². The van der Waals surface area contributed by atoms with E-state index in [2.05, 4.69) is 4.90 Å². The Morgan fingerprint density at radius 1 is 1.26 bits per heavy atom. The molecule has 1 aliphatic rings. The number of nitrogens with zero attached hydrogens (tertiary/aromatic N) is 1. The molecule has 128 valence electrons. The molecule has 0 fully saturated rings. The van der Waals surface area contributed by atoms with Crippen molar-refractivity contribution >= 4 is 28.3 Å². The number of thiophene rings is 1. The van der Waals surface area contributed by atoms with Crippen molar-refractivity contribution in [2.75, 3.05) is 25.5 Å². The first-order valence-corrected chi connectivity index (χ1v) is 8.63. The SMILES string of the molecule is CCOC(=O)c1c(N)sc2c1CCN(C(C)(C)C(=O)OCC)C2. The summed E-state index contributed by atoms with van der Waals surface area (Å²) in [6.07, 6.45) is 0.667. The summed E-state index contributed by atoms with van der Waals surface area (Å²) in [7, 11) is 0. The second kappa shape index (κ2) is 6.88. The Bertz CT molecular complexity index is 609. The molecule has 2 heterocycles. The molecule has 1 aromatic rings. The van der Waals surface area contributed by atoms with Crippen LogP contribution < -0.4 is 5.73 Å². The van der Waals surface area contributed by atoms with E-state index in [1.807, 2.05) is 13.8 Å². The lowest BCUT2D eigenvalue weighted by Gasteiger charge is -2.38. The molecule has 0 radical (unpaired) electrons. The quantitative estimate of drug-likeness (QED) is 0.828. The molecule has 0 unspecified atom stereocenters. The van der Waals surface area contributed by atoms with Gasteiger partial charge in [0.2, 0.25) is 0 Å². The van der Waals surface area contributed by atoms with Gasteiger partial charge < -0.3 is 15.2 Å². The topological polar surface area (TPSA) is 81.9 Å². The van der Waals surface area contributed by atoms with E-state index in [9.17, 15) is 9.59 Å². The predicted molar refractivity (Wildman–Crippen MR) is 89.5 cm³/mol. The number of ether oxygens (including phenoxy) is 2. The van der Waals surface area contributed by atoms with Gasteiger partial charge >= 0.3 is 11.9 Å². The van der Waals surface area contributed by atoms with E-state index in [1.165, 1.54) is 11.3 Å². The number of carbonyl (C=O) groups excluding carboxylic acids is 2. The zero-order valence-electron chi connectivity index (χ0n) is 14.1. The largest absolute Gasteiger partial charge is 0.465 e. The zero-order valence-corrected chi connectivity index (χ0v) is 14.9. The van der Waals surface area contributed by atoms with Gasteiger partial charge in [0.1, 0.15) is 10.5 Å². The van der Waals surface area contributed by atoms with Crippen LogP contribution in [0.15, 0.2) is 0 Å². The number of carbonyl (C=O) groups is 2. The third kappa shape index (κ3) is 3.35. The highest BCUT2D eigenvalue weighted by Crippen LogP contribution is 2.37. The van der Waals surface area contributed by atoms with Crippen molar-refractivity contribution < 1.29 is 19.1 Å². The number of anilines is 1. The summed E-state index contributed by atoms with van der Waals surface area (Å²) in [4.78, 5) is 27.4. The van der Waals surface area contributed by atoms with Crippen LogP contribution in [0.25, 0.3) is 0 Å². The minimum absolute atomic E-state index is 0.237. The van der Waals surface area contributed by atoms with Crippen LogP contribution in [0.3, 0.4) is 0 Å². The molecule has 0 saturated heterocycles. The van der Waals surface area contributed by atoms with Gasteiger partial charge in [-0.3, -0.25) is 9.69 Å². The fourth-order valence-electron chi connectivity index (χ4n) is 2.77. The van der Waals surface area contributed by atoms with Crippen LogP contribution in [0.2, 0.25) is 0 Å². The molecule has 0 atom stereocenters. The van der Waals surface area contributed by atoms with E-state index < -0.39 is 5.54 Å². The van der Waals surface area contributed by atoms with Crippen molar-refractivity contribution in [3.63, 3.8) is 0 Å². The van der Waals surface area contributed by atoms with Crippen molar-refractivity contribution in [1.82, 2.24) is 4.90 Å². The Kier molecular flexibility index (Phi) is 5.31. The number of hydrogen-bond acceptors (Lipinski definition) is 7. The number of nitrogens with two attached hydrogens (primary N) is 1. The van der Waals surface area contributed by atoms with Crippen LogP contribution in [0, 0.1) is 0 Å². The minimum Gasteiger partial charge on any atom is -0.465 e. The predicted octanol–water partition coefficient (Wildman–Crippen LogP) is 2.21. The van der Waals surface area contributed by atoms with Crippen LogP contribution in [0.4, 0.5) is 5.00 Å². The molecule has 0 aliphatic carbocycles. The maximum Gasteiger partial charge on any atom is 0.341 e. The maximum atomic E-state index is 12.2. The second-order valence-corrected chi connectivity index (χ2v) is 7.05. The van der Waals surface area contributed by atoms with Crippen LogP contribution in [0.5, 0.6) is 0 Å². The van der Waals surface area contributed by atoms with Crippen molar-refractivity contribution in [2.24, 2.45) is 0 Å². The Balaban J connectivity index is 2.24. The third-order valence-corrected chi connectivity index (χ3v) is 5.18. The summed E-state index contributed by atoms with van der Waals surface area (Å²) < 4.78 is 10.3. The summed E-state index contributed by atoms with van der Waals surface area (Å²) in [6, 6.07) is 0. The third-order valence-electron chi connectivity index (χ3n) is 4.13. The highest BCUT2D eigenvalue weighted by molar-refractivity contribution is 7.16. The Morgan fingerprint density at radius 3 is 2.52 bits per heavy atom. The summed E-state index contributed by atoms with van der Waals surface area (Å²) in [5.41, 5.74) is 6.77. The molecule has 6 nitrogen and oxygen atoms in total. The van der Waals surface area contributed by atoms with Crippen molar-refractivity contribution in [3.8, 4) is 0 Å². The molecule has 0 aromatic carbocycles. The maximum absolute atomic E-state index is 12.2. The lowest BCUT2D eigenvalue weighted by atomic mass is 9.96. The normalized spacial score (nSPS) is 15.1. The van der Waals surface area contributed by atoms with Gasteiger partial charge in [-0.25, -0.2) is 4.79 Å². The summed E-state index contributed by atoms with van der Waals surface area (Å²) in [6.45, 7) is 9.23. The zero-order chi connectivity index (χ0) is 17.2. The molecule has 1 aromatic heterocycles. The number of esters is 2. The second-order valence-electron chi connectivity index (χ2n) is 5.91. The number of fused-ring (bicyclic) bond motifs is 1. The highest BCUT2D eigenvalue weighted by atomic mass is 32.1. The van der Waals surface area contributed by atoms with Crippen LogP contribution in [-0.4, -0.2) is 42.1 Å². The van der Waals surface area contributed by atoms with Crippen molar-refractivity contribution in [3.05, 3.63) is 16.0 Å². The van der Waals surface area contributed by atoms with Gasteiger partial charge in [-0.1, -0.05) is 0 Å². The smallest absolute Gasteiger partial charge is 0.341 e. The highest BCUT2D eigenvalue weighted by Gasteiger charge is 2.39. The minimum atomic E-state index is -0.712. The lowest BCUT2D eigenvalue weighted by Crippen LogP contribution is -2.52. The van der Waals surface area contributed by atoms with E-state index in [0.29, 0.717) is 43.3 Å². The van der Waals surface area contributed by atoms with Gasteiger partial charge in [0.25, 0.3) is 0 Å². The van der Waals surface area contributed by atoms with E-state index in [0.717, 1.165) is 10.4 Å². The summed E-state index contributed by atoms with van der Waals surface area (Å²) in [5.74, 6) is -0.598. The van der Waals surface area contributed by atoms with E-state index in [1.54, 1.807) is 13.8 Å². The Morgan fingerprint density at radius 2 is 1.91 bits per heavy atom. The monoisotopic (exact) mass is 340 g/mol. The molecule has 0 bridgehead atoms. The average molecular weight is 340 g/mol. The van der Waals surface area contributed by atoms with Gasteiger partial charge in [-0.2, -0.15) is 0 Å². The van der Waals surface area contributed by atoms with E-state index >= 15 is 0 Å². The number of nitrogen functional groups attached to an aromatic ring is 1. The number of hydrogen-bond donors (Lipinski definition) is 1. The molecule has 0 amide bonds. The molecule has 2 N–H and O–H groups in total. The Labute approximate surface area is 140 Å². The average Bonchev–Trinajstić information content (AvgIpc) is 2.82. The van der Waals surface area contributed by atoms with Gasteiger partial charge in [-0.15, -0.1) is 11.3 Å². The first-order chi connectivity index (χ1) is 10.8. The first kappa shape index (κ1) is 17.7. The molecular weight excluding hydrogens is 316 g/mol. The fourth-order valence-corrected chi connectivity index (χ4v) is 3.89. The summed E-state index contributed by atoms with van der Waals surface area (Å²) in [5, 5.41) is 0.490. The molecule has 0 spiro atoms. The first-order valence-electron chi connectivity index (χ1n) is 7.82. The molecular formula is C16H24N2O4S. The van der Waals surface area contributed by atoms with Crippen molar-refractivity contribution in [1.29, 1.82) is 0 Å². The molecule has 1 aliphatic heterocycles. The molecule has 7 heteroatoms. The van der Waals surface area contributed by atoms with Gasteiger partial charge in [0, 0.05) is 18.0 Å². The number of rotatable bonds is 5. The van der Waals surface area contributed by atoms with Crippen LogP contribution >= 0.6 is 11.3 Å². The van der Waals surface area contributed by atoms with E-state index in [-0.39, 0.29) is 11.9 Å². The lowest BCUT2D eigenvalue weighted by molar-refractivity contribution is -0.156. The van der Waals surface area contributed by atoms with Gasteiger partial charge in [0.15, 0.2) is 0 Å². The molecule has 23 heavy (non-hydrogen) atoms. The Hall–Kier alpha value is -1.60. The molecule has 0 saturated carbocycles. The van der Waals surface area contributed by atoms with Gasteiger partial charge in [0.05, 0.1) is 18.8 Å². The van der Waals surface area contributed by atoms with E-state index in [4.69, 9.17) is 15.2 Å². The fraction of sp³-hybridized carbons (Fsp3) is 0.625. The van der Waals surface area contributed by atoms with Crippen molar-refractivity contribution in [2.45, 2.75) is 46.2 Å². The molecule has 2 rings (SSSR count). The van der Waals surface area contributed by atoms with Crippen LogP contribution in [0.1, 0.15) is 48.5 Å². The summed E-state index contributed by atoms with van der Waals surface area (Å²) >= 11 is 1.40. The van der Waals surface area contributed by atoms with Crippen LogP contribution in [-0.2, 0) is 27.2 Å².